The van der Waals surface area contributed by atoms with E-state index in [0.29, 0.717) is 6.04 Å². The number of hydrogen-bond acceptors (Lipinski definition) is 3. The zero-order valence-corrected chi connectivity index (χ0v) is 15.3. The molecule has 0 heterocycles. The van der Waals surface area contributed by atoms with E-state index >= 15 is 0 Å². The molecule has 0 fully saturated rings. The van der Waals surface area contributed by atoms with Crippen molar-refractivity contribution in [3.63, 3.8) is 0 Å². The number of rotatable bonds is 9. The second-order valence-electron chi connectivity index (χ2n) is 5.56. The maximum absolute atomic E-state index is 6.34. The average molecular weight is 357 g/mol. The van der Waals surface area contributed by atoms with Crippen LogP contribution >= 0.6 is 15.9 Å². The van der Waals surface area contributed by atoms with Crippen LogP contribution in [0.4, 0.5) is 0 Å². The Balaban J connectivity index is 3.12. The highest BCUT2D eigenvalue weighted by Crippen LogP contribution is 2.29. The van der Waals surface area contributed by atoms with Crippen molar-refractivity contribution >= 4 is 15.9 Å². The molecule has 2 atom stereocenters. The molecule has 0 aliphatic heterocycles. The topological polar surface area (TPSA) is 38.5 Å². The van der Waals surface area contributed by atoms with E-state index in [0.717, 1.165) is 30.5 Å². The van der Waals surface area contributed by atoms with E-state index < -0.39 is 0 Å². The molecule has 21 heavy (non-hydrogen) atoms. The van der Waals surface area contributed by atoms with E-state index in [2.05, 4.69) is 65.9 Å². The fourth-order valence-electron chi connectivity index (χ4n) is 2.99. The molecule has 0 bridgehead atoms. The smallest absolute Gasteiger partial charge is 0.0590 e. The fraction of sp³-hybridized carbons (Fsp3) is 0.647. The molecular weight excluding hydrogens is 328 g/mol. The number of nitrogens with zero attached hydrogens (tertiary/aromatic N) is 1. The van der Waals surface area contributed by atoms with Crippen LogP contribution in [0.15, 0.2) is 28.7 Å². The zero-order valence-electron chi connectivity index (χ0n) is 13.7. The van der Waals surface area contributed by atoms with Gasteiger partial charge < -0.3 is 10.5 Å². The van der Waals surface area contributed by atoms with Gasteiger partial charge in [-0.15, -0.1) is 0 Å². The van der Waals surface area contributed by atoms with Gasteiger partial charge in [0.25, 0.3) is 0 Å². The highest BCUT2D eigenvalue weighted by Gasteiger charge is 2.28. The predicted molar refractivity (Wildman–Crippen MR) is 93.5 cm³/mol. The van der Waals surface area contributed by atoms with Crippen molar-refractivity contribution in [2.24, 2.45) is 5.73 Å². The van der Waals surface area contributed by atoms with Gasteiger partial charge in [-0.3, -0.25) is 4.90 Å². The molecule has 1 aromatic carbocycles. The molecule has 0 aromatic heterocycles. The first-order valence-corrected chi connectivity index (χ1v) is 8.60. The molecule has 2 N–H and O–H groups in total. The second kappa shape index (κ2) is 9.57. The van der Waals surface area contributed by atoms with Gasteiger partial charge in [-0.05, 0) is 37.5 Å². The van der Waals surface area contributed by atoms with Crippen LogP contribution in [0, 0.1) is 0 Å². The van der Waals surface area contributed by atoms with Gasteiger partial charge in [0.2, 0.25) is 0 Å². The molecule has 0 radical (unpaired) electrons. The highest BCUT2D eigenvalue weighted by atomic mass is 79.9. The van der Waals surface area contributed by atoms with Crippen LogP contribution in [-0.4, -0.2) is 37.2 Å². The average Bonchev–Trinajstić information content (AvgIpc) is 2.45. The van der Waals surface area contributed by atoms with Gasteiger partial charge in [-0.25, -0.2) is 0 Å². The molecule has 0 amide bonds. The molecule has 0 saturated heterocycles. The van der Waals surface area contributed by atoms with Crippen LogP contribution in [0.2, 0.25) is 0 Å². The van der Waals surface area contributed by atoms with Crippen molar-refractivity contribution < 1.29 is 4.74 Å². The van der Waals surface area contributed by atoms with Crippen molar-refractivity contribution in [2.75, 3.05) is 20.3 Å². The lowest BCUT2D eigenvalue weighted by molar-refractivity contribution is 0.0702. The lowest BCUT2D eigenvalue weighted by Crippen LogP contribution is -2.46. The van der Waals surface area contributed by atoms with Crippen LogP contribution in [0.25, 0.3) is 0 Å². The summed E-state index contributed by atoms with van der Waals surface area (Å²) in [5.41, 5.74) is 7.61. The Labute approximate surface area is 138 Å². The van der Waals surface area contributed by atoms with Crippen molar-refractivity contribution in [1.29, 1.82) is 0 Å². The second-order valence-corrected chi connectivity index (χ2v) is 6.48. The third kappa shape index (κ3) is 5.37. The van der Waals surface area contributed by atoms with Gasteiger partial charge >= 0.3 is 0 Å². The van der Waals surface area contributed by atoms with E-state index in [9.17, 15) is 0 Å². The summed E-state index contributed by atoms with van der Waals surface area (Å²) in [5, 5.41) is 0. The molecule has 0 saturated carbocycles. The molecule has 4 heteroatoms. The van der Waals surface area contributed by atoms with Gasteiger partial charge in [0, 0.05) is 30.2 Å². The van der Waals surface area contributed by atoms with Gasteiger partial charge in [0.1, 0.15) is 0 Å². The Hall–Kier alpha value is -0.420. The first kappa shape index (κ1) is 18.6. The van der Waals surface area contributed by atoms with Gasteiger partial charge in [0.15, 0.2) is 0 Å². The Morgan fingerprint density at radius 3 is 2.43 bits per heavy atom. The van der Waals surface area contributed by atoms with Crippen molar-refractivity contribution in [3.8, 4) is 0 Å². The molecule has 120 valence electrons. The van der Waals surface area contributed by atoms with E-state index in [-0.39, 0.29) is 12.1 Å². The minimum Gasteiger partial charge on any atom is -0.383 e. The predicted octanol–water partition coefficient (Wildman–Crippen LogP) is 3.97. The summed E-state index contributed by atoms with van der Waals surface area (Å²) in [4.78, 5) is 2.51. The first-order valence-electron chi connectivity index (χ1n) is 7.80. The minimum absolute atomic E-state index is 0.0664. The molecule has 1 aromatic rings. The Morgan fingerprint density at radius 1 is 1.29 bits per heavy atom. The molecule has 3 nitrogen and oxygen atoms in total. The quantitative estimate of drug-likeness (QED) is 0.727. The third-order valence-corrected chi connectivity index (χ3v) is 4.50. The summed E-state index contributed by atoms with van der Waals surface area (Å²) in [5.74, 6) is 0. The number of hydrogen-bond donors (Lipinski definition) is 1. The van der Waals surface area contributed by atoms with Gasteiger partial charge in [-0.2, -0.15) is 0 Å². The first-order chi connectivity index (χ1) is 10.0. The third-order valence-electron chi connectivity index (χ3n) is 4.01. The van der Waals surface area contributed by atoms with Crippen LogP contribution in [0.3, 0.4) is 0 Å². The largest absolute Gasteiger partial charge is 0.383 e. The van der Waals surface area contributed by atoms with Crippen molar-refractivity contribution in [2.45, 2.75) is 51.7 Å². The summed E-state index contributed by atoms with van der Waals surface area (Å²) in [6.07, 6.45) is 2.24. The number of methoxy groups -OCH3 is 1. The normalized spacial score (nSPS) is 14.7. The van der Waals surface area contributed by atoms with Crippen molar-refractivity contribution in [3.05, 3.63) is 34.3 Å². The maximum Gasteiger partial charge on any atom is 0.0590 e. The summed E-state index contributed by atoms with van der Waals surface area (Å²) >= 11 is 3.57. The van der Waals surface area contributed by atoms with Crippen LogP contribution in [0.5, 0.6) is 0 Å². The highest BCUT2D eigenvalue weighted by molar-refractivity contribution is 9.10. The van der Waals surface area contributed by atoms with E-state index in [1.54, 1.807) is 7.11 Å². The molecule has 0 aliphatic carbocycles. The summed E-state index contributed by atoms with van der Waals surface area (Å²) in [7, 11) is 1.76. The molecule has 2 unspecified atom stereocenters. The Morgan fingerprint density at radius 2 is 1.95 bits per heavy atom. The van der Waals surface area contributed by atoms with Crippen LogP contribution in [-0.2, 0) is 4.74 Å². The standard InChI is InChI=1S/C17H29BrN2O/c1-5-16(6-2)20(10-11-21-4)17(13(3)19)14-8-7-9-15(18)12-14/h7-9,12-13,16-17H,5-6,10-11,19H2,1-4H3. The van der Waals surface area contributed by atoms with Gasteiger partial charge in [-0.1, -0.05) is 41.9 Å². The minimum atomic E-state index is 0.0664. The molecule has 0 spiro atoms. The van der Waals surface area contributed by atoms with Crippen LogP contribution < -0.4 is 5.73 Å². The lowest BCUT2D eigenvalue weighted by Gasteiger charge is -2.40. The van der Waals surface area contributed by atoms with Crippen molar-refractivity contribution in [1.82, 2.24) is 4.90 Å². The zero-order chi connectivity index (χ0) is 15.8. The Kier molecular flexibility index (Phi) is 8.49. The van der Waals surface area contributed by atoms with E-state index in [1.165, 1.54) is 5.56 Å². The number of nitrogens with two attached hydrogens (primary N) is 1. The summed E-state index contributed by atoms with van der Waals surface area (Å²) in [6, 6.07) is 9.28. The molecular formula is C17H29BrN2O. The van der Waals surface area contributed by atoms with Gasteiger partial charge in [0.05, 0.1) is 12.6 Å². The number of benzene rings is 1. The summed E-state index contributed by atoms with van der Waals surface area (Å²) < 4.78 is 6.41. The Bertz CT molecular complexity index is 408. The monoisotopic (exact) mass is 356 g/mol. The molecule has 1 rings (SSSR count). The number of ether oxygens (including phenoxy) is 1. The summed E-state index contributed by atoms with van der Waals surface area (Å²) in [6.45, 7) is 8.21. The fourth-order valence-corrected chi connectivity index (χ4v) is 3.41. The number of halogens is 1. The van der Waals surface area contributed by atoms with Crippen LogP contribution in [0.1, 0.15) is 45.2 Å². The van der Waals surface area contributed by atoms with E-state index in [4.69, 9.17) is 10.5 Å². The molecule has 0 aliphatic rings. The maximum atomic E-state index is 6.34. The SMILES string of the molecule is CCC(CC)N(CCOC)C(c1cccc(Br)c1)C(C)N. The lowest BCUT2D eigenvalue weighted by atomic mass is 9.96. The van der Waals surface area contributed by atoms with E-state index in [1.807, 2.05) is 0 Å².